The van der Waals surface area contributed by atoms with Gasteiger partial charge in [0.25, 0.3) is 0 Å². The van der Waals surface area contributed by atoms with Crippen LogP contribution in [0, 0.1) is 5.92 Å². The molecule has 0 aliphatic carbocycles. The SMILES string of the molecule is COc1ccc(CCC(C)NCC2CCOC2)cc1. The average Bonchev–Trinajstić information content (AvgIpc) is 2.96. The van der Waals surface area contributed by atoms with Crippen molar-refractivity contribution < 1.29 is 9.47 Å². The third-order valence-corrected chi connectivity index (χ3v) is 3.80. The predicted octanol–water partition coefficient (Wildman–Crippen LogP) is 2.64. The first-order chi connectivity index (χ1) is 9.28. The molecule has 1 aromatic carbocycles. The van der Waals surface area contributed by atoms with Crippen molar-refractivity contribution in [2.45, 2.75) is 32.2 Å². The van der Waals surface area contributed by atoms with Gasteiger partial charge in [-0.3, -0.25) is 0 Å². The van der Waals surface area contributed by atoms with Gasteiger partial charge in [-0.1, -0.05) is 12.1 Å². The number of methoxy groups -OCH3 is 1. The highest BCUT2D eigenvalue weighted by Gasteiger charge is 2.15. The summed E-state index contributed by atoms with van der Waals surface area (Å²) in [6.07, 6.45) is 3.48. The molecule has 1 aliphatic rings. The van der Waals surface area contributed by atoms with E-state index in [1.807, 2.05) is 12.1 Å². The monoisotopic (exact) mass is 263 g/mol. The first-order valence-electron chi connectivity index (χ1n) is 7.22. The number of hydrogen-bond acceptors (Lipinski definition) is 3. The molecule has 0 amide bonds. The highest BCUT2D eigenvalue weighted by molar-refractivity contribution is 5.27. The van der Waals surface area contributed by atoms with Gasteiger partial charge in [-0.25, -0.2) is 0 Å². The van der Waals surface area contributed by atoms with Crippen LogP contribution in [-0.4, -0.2) is 32.9 Å². The van der Waals surface area contributed by atoms with Gasteiger partial charge in [0.1, 0.15) is 5.75 Å². The van der Waals surface area contributed by atoms with Crippen LogP contribution in [0.1, 0.15) is 25.3 Å². The van der Waals surface area contributed by atoms with Gasteiger partial charge in [-0.15, -0.1) is 0 Å². The quantitative estimate of drug-likeness (QED) is 0.820. The van der Waals surface area contributed by atoms with E-state index < -0.39 is 0 Å². The summed E-state index contributed by atoms with van der Waals surface area (Å²) in [4.78, 5) is 0. The van der Waals surface area contributed by atoms with E-state index in [2.05, 4.69) is 24.4 Å². The lowest BCUT2D eigenvalue weighted by Gasteiger charge is -2.16. The van der Waals surface area contributed by atoms with Crippen LogP contribution < -0.4 is 10.1 Å². The molecule has 106 valence electrons. The van der Waals surface area contributed by atoms with E-state index in [1.165, 1.54) is 18.4 Å². The number of ether oxygens (including phenoxy) is 2. The second-order valence-electron chi connectivity index (χ2n) is 5.43. The molecule has 0 spiro atoms. The normalized spacial score (nSPS) is 20.4. The van der Waals surface area contributed by atoms with Crippen LogP contribution in [0.3, 0.4) is 0 Å². The Morgan fingerprint density at radius 1 is 1.37 bits per heavy atom. The number of aryl methyl sites for hydroxylation is 1. The zero-order valence-electron chi connectivity index (χ0n) is 12.0. The first-order valence-corrected chi connectivity index (χ1v) is 7.22. The average molecular weight is 263 g/mol. The topological polar surface area (TPSA) is 30.5 Å². The Bertz CT molecular complexity index is 358. The van der Waals surface area contributed by atoms with Crippen molar-refractivity contribution in [1.82, 2.24) is 5.32 Å². The van der Waals surface area contributed by atoms with Gasteiger partial charge in [0.2, 0.25) is 0 Å². The molecule has 2 rings (SSSR count). The number of hydrogen-bond donors (Lipinski definition) is 1. The van der Waals surface area contributed by atoms with Gasteiger partial charge in [0, 0.05) is 19.2 Å². The van der Waals surface area contributed by atoms with E-state index in [9.17, 15) is 0 Å². The molecule has 1 aliphatic heterocycles. The van der Waals surface area contributed by atoms with Gasteiger partial charge in [0.15, 0.2) is 0 Å². The number of benzene rings is 1. The van der Waals surface area contributed by atoms with Crippen LogP contribution >= 0.6 is 0 Å². The number of rotatable bonds is 7. The van der Waals surface area contributed by atoms with Crippen molar-refractivity contribution in [3.63, 3.8) is 0 Å². The lowest BCUT2D eigenvalue weighted by Crippen LogP contribution is -2.31. The third-order valence-electron chi connectivity index (χ3n) is 3.80. The van der Waals surface area contributed by atoms with E-state index in [-0.39, 0.29) is 0 Å². The number of nitrogens with one attached hydrogen (secondary N) is 1. The van der Waals surface area contributed by atoms with Crippen molar-refractivity contribution >= 4 is 0 Å². The fourth-order valence-corrected chi connectivity index (χ4v) is 2.39. The minimum absolute atomic E-state index is 0.558. The van der Waals surface area contributed by atoms with Gasteiger partial charge in [-0.2, -0.15) is 0 Å². The van der Waals surface area contributed by atoms with Gasteiger partial charge < -0.3 is 14.8 Å². The van der Waals surface area contributed by atoms with E-state index in [4.69, 9.17) is 9.47 Å². The largest absolute Gasteiger partial charge is 0.497 e. The Morgan fingerprint density at radius 2 is 2.16 bits per heavy atom. The van der Waals surface area contributed by atoms with E-state index in [1.54, 1.807) is 7.11 Å². The molecule has 19 heavy (non-hydrogen) atoms. The molecular formula is C16H25NO2. The maximum atomic E-state index is 5.39. The first kappa shape index (κ1) is 14.4. The molecule has 1 N–H and O–H groups in total. The fourth-order valence-electron chi connectivity index (χ4n) is 2.39. The standard InChI is InChI=1S/C16H25NO2/c1-13(17-11-15-9-10-19-12-15)3-4-14-5-7-16(18-2)8-6-14/h5-8,13,15,17H,3-4,9-12H2,1-2H3. The van der Waals surface area contributed by atoms with Crippen LogP contribution in [0.5, 0.6) is 5.75 Å². The summed E-state index contributed by atoms with van der Waals surface area (Å²) in [5.74, 6) is 1.64. The Hall–Kier alpha value is -1.06. The Labute approximate surface area is 116 Å². The predicted molar refractivity (Wildman–Crippen MR) is 77.7 cm³/mol. The van der Waals surface area contributed by atoms with Crippen LogP contribution in [-0.2, 0) is 11.2 Å². The summed E-state index contributed by atoms with van der Waals surface area (Å²) >= 11 is 0. The van der Waals surface area contributed by atoms with Crippen molar-refractivity contribution in [1.29, 1.82) is 0 Å². The maximum absolute atomic E-state index is 5.39. The third kappa shape index (κ3) is 4.84. The zero-order chi connectivity index (χ0) is 13.5. The fraction of sp³-hybridized carbons (Fsp3) is 0.625. The molecule has 1 aromatic rings. The summed E-state index contributed by atoms with van der Waals surface area (Å²) in [7, 11) is 1.70. The molecule has 0 aromatic heterocycles. The molecule has 1 saturated heterocycles. The van der Waals surface area contributed by atoms with Crippen molar-refractivity contribution in [2.24, 2.45) is 5.92 Å². The van der Waals surface area contributed by atoms with Crippen LogP contribution in [0.25, 0.3) is 0 Å². The molecule has 0 radical (unpaired) electrons. The molecule has 0 saturated carbocycles. The highest BCUT2D eigenvalue weighted by atomic mass is 16.5. The van der Waals surface area contributed by atoms with Crippen LogP contribution in [0.2, 0.25) is 0 Å². The summed E-state index contributed by atoms with van der Waals surface area (Å²) in [5, 5.41) is 3.61. The van der Waals surface area contributed by atoms with E-state index >= 15 is 0 Å². The van der Waals surface area contributed by atoms with E-state index in [0.29, 0.717) is 12.0 Å². The smallest absolute Gasteiger partial charge is 0.118 e. The maximum Gasteiger partial charge on any atom is 0.118 e. The van der Waals surface area contributed by atoms with Crippen molar-refractivity contribution in [2.75, 3.05) is 26.9 Å². The van der Waals surface area contributed by atoms with E-state index in [0.717, 1.165) is 31.9 Å². The van der Waals surface area contributed by atoms with Gasteiger partial charge in [0.05, 0.1) is 13.7 Å². The molecule has 3 heteroatoms. The van der Waals surface area contributed by atoms with Gasteiger partial charge in [-0.05, 0) is 49.8 Å². The minimum atomic E-state index is 0.558. The Balaban J connectivity index is 1.65. The molecule has 2 unspecified atom stereocenters. The lowest BCUT2D eigenvalue weighted by atomic mass is 10.0. The minimum Gasteiger partial charge on any atom is -0.497 e. The Kier molecular flexibility index (Phi) is 5.67. The van der Waals surface area contributed by atoms with Gasteiger partial charge >= 0.3 is 0 Å². The molecule has 1 heterocycles. The molecule has 1 fully saturated rings. The highest BCUT2D eigenvalue weighted by Crippen LogP contribution is 2.14. The lowest BCUT2D eigenvalue weighted by molar-refractivity contribution is 0.184. The zero-order valence-corrected chi connectivity index (χ0v) is 12.0. The molecule has 0 bridgehead atoms. The molecule has 2 atom stereocenters. The summed E-state index contributed by atoms with van der Waals surface area (Å²) in [6, 6.07) is 8.92. The Morgan fingerprint density at radius 3 is 2.79 bits per heavy atom. The summed E-state index contributed by atoms with van der Waals surface area (Å²) in [5.41, 5.74) is 1.37. The second-order valence-corrected chi connectivity index (χ2v) is 5.43. The second kappa shape index (κ2) is 7.51. The summed E-state index contributed by atoms with van der Waals surface area (Å²) in [6.45, 7) is 5.22. The summed E-state index contributed by atoms with van der Waals surface area (Å²) < 4.78 is 10.6. The van der Waals surface area contributed by atoms with Crippen LogP contribution in [0.4, 0.5) is 0 Å². The van der Waals surface area contributed by atoms with Crippen molar-refractivity contribution in [3.05, 3.63) is 29.8 Å². The molecule has 3 nitrogen and oxygen atoms in total. The van der Waals surface area contributed by atoms with Crippen molar-refractivity contribution in [3.8, 4) is 5.75 Å². The van der Waals surface area contributed by atoms with Crippen LogP contribution in [0.15, 0.2) is 24.3 Å². The molecular weight excluding hydrogens is 238 g/mol.